The summed E-state index contributed by atoms with van der Waals surface area (Å²) in [6.07, 6.45) is 3.25. The Morgan fingerprint density at radius 1 is 1.13 bits per heavy atom. The third-order valence-corrected chi connectivity index (χ3v) is 5.90. The molecule has 0 bridgehead atoms. The largest absolute Gasteiger partial charge is 0.444 e. The lowest BCUT2D eigenvalue weighted by molar-refractivity contribution is 0.0238. The fourth-order valence-corrected chi connectivity index (χ4v) is 3.94. The van der Waals surface area contributed by atoms with Crippen molar-refractivity contribution in [2.75, 3.05) is 6.26 Å². The highest BCUT2D eigenvalue weighted by Crippen LogP contribution is 2.34. The van der Waals surface area contributed by atoms with Crippen LogP contribution in [0, 0.1) is 0 Å². The summed E-state index contributed by atoms with van der Waals surface area (Å²) in [5.41, 5.74) is 1.89. The van der Waals surface area contributed by atoms with Crippen LogP contribution in [0.2, 0.25) is 10.0 Å². The smallest absolute Gasteiger partial charge is 0.410 e. The molecule has 10 heteroatoms. The molecule has 31 heavy (non-hydrogen) atoms. The third kappa shape index (κ3) is 4.51. The first-order chi connectivity index (χ1) is 14.7. The van der Waals surface area contributed by atoms with Gasteiger partial charge in [0.05, 0.1) is 34.5 Å². The fourth-order valence-electron chi connectivity index (χ4n) is 3.29. The molecule has 0 fully saturated rings. The summed E-state index contributed by atoms with van der Waals surface area (Å²) < 4.78 is 7.48. The summed E-state index contributed by atoms with van der Waals surface area (Å²) in [5.74, 6) is 1.35. The van der Waals surface area contributed by atoms with Crippen molar-refractivity contribution in [1.29, 1.82) is 0 Å². The number of nitrogens with zero attached hydrogens (tertiary/aromatic N) is 5. The van der Waals surface area contributed by atoms with Crippen LogP contribution in [0.5, 0.6) is 0 Å². The number of rotatable bonds is 3. The predicted octanol–water partition coefficient (Wildman–Crippen LogP) is 5.61. The Bertz CT molecular complexity index is 1160. The Kier molecular flexibility index (Phi) is 5.89. The monoisotopic (exact) mass is 477 g/mol. The standard InChI is InChI=1S/C21H21Cl2N5O2S/c1-21(2,3)30-20(29)27-10-15-16(11-27)28(17-7-8-24-19(26-17)31-4)18(25-15)12-5-6-13(22)14(23)9-12/h5-9H,10-11H2,1-4H3. The van der Waals surface area contributed by atoms with Gasteiger partial charge in [0.1, 0.15) is 17.2 Å². The van der Waals surface area contributed by atoms with E-state index in [9.17, 15) is 4.79 Å². The first kappa shape index (κ1) is 21.9. The van der Waals surface area contributed by atoms with Crippen molar-refractivity contribution < 1.29 is 9.53 Å². The zero-order valence-electron chi connectivity index (χ0n) is 17.5. The second-order valence-electron chi connectivity index (χ2n) is 8.03. The van der Waals surface area contributed by atoms with E-state index in [1.165, 1.54) is 11.8 Å². The molecule has 1 aliphatic rings. The quantitative estimate of drug-likeness (QED) is 0.360. The molecule has 0 spiro atoms. The number of hydrogen-bond donors (Lipinski definition) is 0. The molecule has 1 aliphatic heterocycles. The molecule has 1 aromatic carbocycles. The molecule has 1 amide bonds. The van der Waals surface area contributed by atoms with Crippen LogP contribution in [0.4, 0.5) is 4.79 Å². The van der Waals surface area contributed by atoms with E-state index in [0.717, 1.165) is 17.0 Å². The van der Waals surface area contributed by atoms with Gasteiger partial charge in [0.25, 0.3) is 0 Å². The number of hydrogen-bond acceptors (Lipinski definition) is 6. The van der Waals surface area contributed by atoms with Crippen LogP contribution in [0.25, 0.3) is 17.2 Å². The SMILES string of the molecule is CSc1nccc(-n2c(-c3ccc(Cl)c(Cl)c3)nc3c2CN(C(=O)OC(C)(C)C)C3)n1. The Balaban J connectivity index is 1.80. The van der Waals surface area contributed by atoms with Crippen molar-refractivity contribution in [2.45, 2.75) is 44.6 Å². The van der Waals surface area contributed by atoms with E-state index in [1.807, 2.05) is 43.7 Å². The first-order valence-electron chi connectivity index (χ1n) is 9.57. The number of benzene rings is 1. The molecule has 0 saturated heterocycles. The molecule has 162 valence electrons. The van der Waals surface area contributed by atoms with Crippen LogP contribution < -0.4 is 0 Å². The number of imidazole rings is 1. The lowest BCUT2D eigenvalue weighted by Gasteiger charge is -2.24. The summed E-state index contributed by atoms with van der Waals surface area (Å²) in [5, 5.41) is 1.55. The molecule has 0 unspecified atom stereocenters. The zero-order valence-corrected chi connectivity index (χ0v) is 19.8. The number of carbonyl (C=O) groups is 1. The van der Waals surface area contributed by atoms with Crippen LogP contribution in [-0.4, -0.2) is 42.4 Å². The molecule has 3 aromatic rings. The van der Waals surface area contributed by atoms with Gasteiger partial charge in [0.2, 0.25) is 0 Å². The lowest BCUT2D eigenvalue weighted by atomic mass is 10.2. The van der Waals surface area contributed by atoms with Crippen molar-refractivity contribution in [3.63, 3.8) is 0 Å². The van der Waals surface area contributed by atoms with Crippen LogP contribution in [0.3, 0.4) is 0 Å². The molecule has 0 radical (unpaired) electrons. The van der Waals surface area contributed by atoms with Gasteiger partial charge >= 0.3 is 6.09 Å². The van der Waals surface area contributed by atoms with Gasteiger partial charge < -0.3 is 4.74 Å². The number of ether oxygens (including phenoxy) is 1. The molecule has 4 rings (SSSR count). The Morgan fingerprint density at radius 2 is 1.90 bits per heavy atom. The number of fused-ring (bicyclic) bond motifs is 1. The second-order valence-corrected chi connectivity index (χ2v) is 9.62. The van der Waals surface area contributed by atoms with E-state index in [-0.39, 0.29) is 6.09 Å². The van der Waals surface area contributed by atoms with E-state index >= 15 is 0 Å². The van der Waals surface area contributed by atoms with Crippen molar-refractivity contribution in [1.82, 2.24) is 24.4 Å². The van der Waals surface area contributed by atoms with Crippen LogP contribution >= 0.6 is 35.0 Å². The fraction of sp³-hybridized carbons (Fsp3) is 0.333. The summed E-state index contributed by atoms with van der Waals surface area (Å²) >= 11 is 13.8. The maximum atomic E-state index is 12.6. The number of thioether (sulfide) groups is 1. The van der Waals surface area contributed by atoms with E-state index in [4.69, 9.17) is 32.9 Å². The van der Waals surface area contributed by atoms with Crippen molar-refractivity contribution in [3.05, 3.63) is 51.9 Å². The highest BCUT2D eigenvalue weighted by Gasteiger charge is 2.33. The first-order valence-corrected chi connectivity index (χ1v) is 11.6. The predicted molar refractivity (Wildman–Crippen MR) is 122 cm³/mol. The average molecular weight is 478 g/mol. The Labute approximate surface area is 194 Å². The maximum absolute atomic E-state index is 12.6. The Morgan fingerprint density at radius 3 is 2.58 bits per heavy atom. The number of amides is 1. The van der Waals surface area contributed by atoms with Gasteiger partial charge in [-0.05, 0) is 51.3 Å². The van der Waals surface area contributed by atoms with Gasteiger partial charge in [-0.1, -0.05) is 35.0 Å². The van der Waals surface area contributed by atoms with E-state index in [2.05, 4.69) is 9.97 Å². The minimum atomic E-state index is -0.571. The zero-order chi connectivity index (χ0) is 22.3. The number of halogens is 2. The van der Waals surface area contributed by atoms with E-state index in [1.54, 1.807) is 23.2 Å². The summed E-state index contributed by atoms with van der Waals surface area (Å²) in [6, 6.07) is 7.20. The van der Waals surface area contributed by atoms with Crippen LogP contribution in [-0.2, 0) is 17.8 Å². The lowest BCUT2D eigenvalue weighted by Crippen LogP contribution is -2.33. The van der Waals surface area contributed by atoms with Gasteiger partial charge in [-0.2, -0.15) is 0 Å². The third-order valence-electron chi connectivity index (χ3n) is 4.60. The number of carbonyl (C=O) groups excluding carboxylic acids is 1. The highest BCUT2D eigenvalue weighted by molar-refractivity contribution is 7.98. The second kappa shape index (κ2) is 8.33. The summed E-state index contributed by atoms with van der Waals surface area (Å²) in [4.78, 5) is 28.0. The van der Waals surface area contributed by atoms with Gasteiger partial charge in [-0.25, -0.2) is 19.7 Å². The highest BCUT2D eigenvalue weighted by atomic mass is 35.5. The molecule has 7 nitrogen and oxygen atoms in total. The normalized spacial score (nSPS) is 13.4. The topological polar surface area (TPSA) is 73.1 Å². The molecule has 0 N–H and O–H groups in total. The van der Waals surface area contributed by atoms with Gasteiger partial charge in [0, 0.05) is 11.8 Å². The molecular formula is C21H21Cl2N5O2S. The van der Waals surface area contributed by atoms with Crippen molar-refractivity contribution >= 4 is 41.1 Å². The maximum Gasteiger partial charge on any atom is 0.410 e. The van der Waals surface area contributed by atoms with Gasteiger partial charge in [0.15, 0.2) is 5.16 Å². The van der Waals surface area contributed by atoms with Gasteiger partial charge in [-0.15, -0.1) is 0 Å². The summed E-state index contributed by atoms with van der Waals surface area (Å²) in [6.45, 7) is 6.25. The van der Waals surface area contributed by atoms with Crippen molar-refractivity contribution in [3.8, 4) is 17.2 Å². The van der Waals surface area contributed by atoms with Crippen LogP contribution in [0.1, 0.15) is 32.2 Å². The van der Waals surface area contributed by atoms with Gasteiger partial charge in [-0.3, -0.25) is 9.47 Å². The molecule has 0 aliphatic carbocycles. The minimum absolute atomic E-state index is 0.353. The minimum Gasteiger partial charge on any atom is -0.444 e. The van der Waals surface area contributed by atoms with Crippen LogP contribution in [0.15, 0.2) is 35.6 Å². The molecule has 3 heterocycles. The molecular weight excluding hydrogens is 457 g/mol. The van der Waals surface area contributed by atoms with E-state index in [0.29, 0.717) is 39.9 Å². The van der Waals surface area contributed by atoms with Crippen molar-refractivity contribution in [2.24, 2.45) is 0 Å². The molecule has 0 atom stereocenters. The Hall–Kier alpha value is -2.29. The molecule has 0 saturated carbocycles. The van der Waals surface area contributed by atoms with E-state index < -0.39 is 5.60 Å². The molecule has 2 aromatic heterocycles. The summed E-state index contributed by atoms with van der Waals surface area (Å²) in [7, 11) is 0. The number of aromatic nitrogens is 4. The average Bonchev–Trinajstić information content (AvgIpc) is 3.27.